The van der Waals surface area contributed by atoms with Gasteiger partial charge >= 0.3 is 5.97 Å². The molecule has 0 unspecified atom stereocenters. The van der Waals surface area contributed by atoms with Crippen LogP contribution in [-0.2, 0) is 4.79 Å². The summed E-state index contributed by atoms with van der Waals surface area (Å²) in [5, 5.41) is 17.3. The molecular weight excluding hydrogens is 132 g/mol. The number of aliphatic carboxylic acids is 1. The first-order chi connectivity index (χ1) is 4.75. The topological polar surface area (TPSA) is 57.5 Å². The summed E-state index contributed by atoms with van der Waals surface area (Å²) in [4.78, 5) is 10.5. The fourth-order valence-electron chi connectivity index (χ4n) is 1.58. The minimum Gasteiger partial charge on any atom is -0.481 e. The van der Waals surface area contributed by atoms with Crippen LogP contribution in [0.5, 0.6) is 0 Å². The number of rotatable bonds is 2. The molecule has 10 heavy (non-hydrogen) atoms. The van der Waals surface area contributed by atoms with E-state index in [1.807, 2.05) is 0 Å². The molecule has 0 radical (unpaired) electrons. The lowest BCUT2D eigenvalue weighted by Crippen LogP contribution is -2.20. The number of hydrogen-bond acceptors (Lipinski definition) is 2. The first-order valence-corrected chi connectivity index (χ1v) is 3.59. The molecule has 58 valence electrons. The molecule has 0 heterocycles. The minimum atomic E-state index is -0.753. The lowest BCUT2D eigenvalue weighted by molar-refractivity contribution is -0.143. The molecule has 0 spiro atoms. The van der Waals surface area contributed by atoms with Crippen LogP contribution in [0.2, 0.25) is 0 Å². The van der Waals surface area contributed by atoms with Gasteiger partial charge in [0.05, 0.1) is 5.92 Å². The Morgan fingerprint density at radius 1 is 1.50 bits per heavy atom. The number of carbonyl (C=O) groups is 1. The predicted molar refractivity (Wildman–Crippen MR) is 35.6 cm³/mol. The first-order valence-electron chi connectivity index (χ1n) is 3.59. The number of carboxylic acids is 1. The van der Waals surface area contributed by atoms with Crippen molar-refractivity contribution in [1.82, 2.24) is 0 Å². The molecule has 0 bridgehead atoms. The molecule has 0 aromatic heterocycles. The Hall–Kier alpha value is -0.570. The summed E-state index contributed by atoms with van der Waals surface area (Å²) in [6.07, 6.45) is 2.55. The zero-order chi connectivity index (χ0) is 7.56. The molecule has 1 fully saturated rings. The van der Waals surface area contributed by atoms with E-state index < -0.39 is 5.97 Å². The van der Waals surface area contributed by atoms with E-state index in [1.54, 1.807) is 0 Å². The van der Waals surface area contributed by atoms with Crippen LogP contribution in [0.15, 0.2) is 0 Å². The third kappa shape index (κ3) is 1.29. The Labute approximate surface area is 59.7 Å². The van der Waals surface area contributed by atoms with Crippen LogP contribution >= 0.6 is 0 Å². The second kappa shape index (κ2) is 3.01. The Kier molecular flexibility index (Phi) is 2.27. The average Bonchev–Trinajstić information content (AvgIpc) is 2.33. The van der Waals surface area contributed by atoms with Crippen molar-refractivity contribution in [2.75, 3.05) is 6.61 Å². The predicted octanol–water partition coefficient (Wildman–Crippen LogP) is 0.480. The highest BCUT2D eigenvalue weighted by atomic mass is 16.4. The Balaban J connectivity index is 2.50. The molecule has 2 N–H and O–H groups in total. The summed E-state index contributed by atoms with van der Waals surface area (Å²) >= 11 is 0. The monoisotopic (exact) mass is 144 g/mol. The van der Waals surface area contributed by atoms with Crippen molar-refractivity contribution in [3.05, 3.63) is 0 Å². The molecule has 0 amide bonds. The van der Waals surface area contributed by atoms with Gasteiger partial charge in [0, 0.05) is 6.61 Å². The molecule has 1 aliphatic rings. The van der Waals surface area contributed by atoms with Crippen LogP contribution in [0, 0.1) is 11.8 Å². The maximum atomic E-state index is 10.5. The SMILES string of the molecule is O=C(O)[C@H]1CCC[C@H]1CO. The van der Waals surface area contributed by atoms with Gasteiger partial charge in [-0.25, -0.2) is 0 Å². The van der Waals surface area contributed by atoms with Gasteiger partial charge in [-0.3, -0.25) is 4.79 Å². The Morgan fingerprint density at radius 3 is 2.60 bits per heavy atom. The zero-order valence-electron chi connectivity index (χ0n) is 5.79. The maximum absolute atomic E-state index is 10.5. The van der Waals surface area contributed by atoms with Crippen LogP contribution in [0.3, 0.4) is 0 Å². The van der Waals surface area contributed by atoms with Gasteiger partial charge in [0.15, 0.2) is 0 Å². The highest BCUT2D eigenvalue weighted by Gasteiger charge is 2.31. The van der Waals surface area contributed by atoms with Crippen molar-refractivity contribution in [2.24, 2.45) is 11.8 Å². The summed E-state index contributed by atoms with van der Waals surface area (Å²) in [6, 6.07) is 0. The molecule has 0 aliphatic heterocycles. The molecule has 3 heteroatoms. The van der Waals surface area contributed by atoms with Crippen LogP contribution in [-0.4, -0.2) is 22.8 Å². The molecule has 1 aliphatic carbocycles. The van der Waals surface area contributed by atoms with E-state index in [0.29, 0.717) is 0 Å². The second-order valence-corrected chi connectivity index (χ2v) is 2.82. The quantitative estimate of drug-likeness (QED) is 0.592. The molecule has 1 rings (SSSR count). The largest absolute Gasteiger partial charge is 0.481 e. The van der Waals surface area contributed by atoms with Crippen LogP contribution in [0.4, 0.5) is 0 Å². The lowest BCUT2D eigenvalue weighted by Gasteiger charge is -2.10. The third-order valence-corrected chi connectivity index (χ3v) is 2.21. The van der Waals surface area contributed by atoms with Gasteiger partial charge in [-0.05, 0) is 18.8 Å². The zero-order valence-corrected chi connectivity index (χ0v) is 5.79. The number of carboxylic acid groups (broad SMARTS) is 1. The summed E-state index contributed by atoms with van der Waals surface area (Å²) in [5.74, 6) is -1.03. The molecule has 0 aromatic carbocycles. The summed E-state index contributed by atoms with van der Waals surface area (Å²) < 4.78 is 0. The van der Waals surface area contributed by atoms with E-state index in [9.17, 15) is 4.79 Å². The fraction of sp³-hybridized carbons (Fsp3) is 0.857. The molecular formula is C7H12O3. The standard InChI is InChI=1S/C7H12O3/c8-4-5-2-1-3-6(5)7(9)10/h5-6,8H,1-4H2,(H,9,10)/t5-,6-/m0/s1. The van der Waals surface area contributed by atoms with E-state index in [4.69, 9.17) is 10.2 Å². The van der Waals surface area contributed by atoms with Crippen molar-refractivity contribution >= 4 is 5.97 Å². The van der Waals surface area contributed by atoms with Crippen molar-refractivity contribution < 1.29 is 15.0 Å². The summed E-state index contributed by atoms with van der Waals surface area (Å²) in [6.45, 7) is 0.0248. The van der Waals surface area contributed by atoms with Gasteiger partial charge in [-0.1, -0.05) is 6.42 Å². The van der Waals surface area contributed by atoms with E-state index >= 15 is 0 Å². The maximum Gasteiger partial charge on any atom is 0.306 e. The molecule has 0 saturated heterocycles. The highest BCUT2D eigenvalue weighted by Crippen LogP contribution is 2.31. The third-order valence-electron chi connectivity index (χ3n) is 2.21. The van der Waals surface area contributed by atoms with Gasteiger partial charge < -0.3 is 10.2 Å². The van der Waals surface area contributed by atoms with E-state index in [1.165, 1.54) is 0 Å². The van der Waals surface area contributed by atoms with Gasteiger partial charge in [-0.2, -0.15) is 0 Å². The first kappa shape index (κ1) is 7.54. The van der Waals surface area contributed by atoms with Crippen LogP contribution in [0.25, 0.3) is 0 Å². The molecule has 3 nitrogen and oxygen atoms in total. The molecule has 0 aromatic rings. The lowest BCUT2D eigenvalue weighted by atomic mass is 9.97. The van der Waals surface area contributed by atoms with E-state index in [0.717, 1.165) is 19.3 Å². The highest BCUT2D eigenvalue weighted by molar-refractivity contribution is 5.70. The van der Waals surface area contributed by atoms with Crippen molar-refractivity contribution in [2.45, 2.75) is 19.3 Å². The van der Waals surface area contributed by atoms with Gasteiger partial charge in [0.25, 0.3) is 0 Å². The van der Waals surface area contributed by atoms with Crippen molar-refractivity contribution in [3.8, 4) is 0 Å². The van der Waals surface area contributed by atoms with Crippen molar-refractivity contribution in [1.29, 1.82) is 0 Å². The fourth-order valence-corrected chi connectivity index (χ4v) is 1.58. The van der Waals surface area contributed by atoms with Crippen LogP contribution in [0.1, 0.15) is 19.3 Å². The summed E-state index contributed by atoms with van der Waals surface area (Å²) in [5.41, 5.74) is 0. The van der Waals surface area contributed by atoms with E-state index in [-0.39, 0.29) is 18.4 Å². The van der Waals surface area contributed by atoms with Gasteiger partial charge in [0.1, 0.15) is 0 Å². The smallest absolute Gasteiger partial charge is 0.306 e. The Bertz CT molecular complexity index is 133. The normalized spacial score (nSPS) is 32.5. The number of aliphatic hydroxyl groups excluding tert-OH is 1. The van der Waals surface area contributed by atoms with Gasteiger partial charge in [-0.15, -0.1) is 0 Å². The molecule has 1 saturated carbocycles. The molecule has 2 atom stereocenters. The second-order valence-electron chi connectivity index (χ2n) is 2.82. The van der Waals surface area contributed by atoms with Gasteiger partial charge in [0.2, 0.25) is 0 Å². The Morgan fingerprint density at radius 2 is 2.20 bits per heavy atom. The van der Waals surface area contributed by atoms with Crippen molar-refractivity contribution in [3.63, 3.8) is 0 Å². The number of aliphatic hydroxyl groups is 1. The minimum absolute atomic E-state index is 0.0116. The van der Waals surface area contributed by atoms with Crippen LogP contribution < -0.4 is 0 Å². The average molecular weight is 144 g/mol. The number of hydrogen-bond donors (Lipinski definition) is 2. The van der Waals surface area contributed by atoms with E-state index in [2.05, 4.69) is 0 Å². The summed E-state index contributed by atoms with van der Waals surface area (Å²) in [7, 11) is 0.